The monoisotopic (exact) mass is 402 g/mol. The summed E-state index contributed by atoms with van der Waals surface area (Å²) in [5.74, 6) is -0.773. The zero-order valence-corrected chi connectivity index (χ0v) is 16.6. The van der Waals surface area contributed by atoms with Gasteiger partial charge in [0.25, 0.3) is 5.56 Å². The molecule has 2 aliphatic heterocycles. The maximum absolute atomic E-state index is 13.2. The molecule has 0 saturated carbocycles. The molecule has 152 valence electrons. The lowest BCUT2D eigenvalue weighted by atomic mass is 9.79. The number of carbonyl (C=O) groups is 1. The minimum Gasteiger partial charge on any atom is -0.361 e. The third kappa shape index (κ3) is 2.86. The Morgan fingerprint density at radius 3 is 2.73 bits per heavy atom. The lowest BCUT2D eigenvalue weighted by Crippen LogP contribution is -2.40. The normalized spacial score (nSPS) is 21.9. The molecule has 0 radical (unpaired) electrons. The van der Waals surface area contributed by atoms with Gasteiger partial charge in [-0.3, -0.25) is 14.6 Å². The molecule has 2 atom stereocenters. The van der Waals surface area contributed by atoms with Crippen molar-refractivity contribution in [1.82, 2.24) is 15.0 Å². The minimum absolute atomic E-state index is 0.249. The summed E-state index contributed by atoms with van der Waals surface area (Å²) >= 11 is 0. The molecule has 2 unspecified atom stereocenters. The van der Waals surface area contributed by atoms with Crippen LogP contribution in [0.15, 0.2) is 35.3 Å². The predicted molar refractivity (Wildman–Crippen MR) is 113 cm³/mol. The van der Waals surface area contributed by atoms with Gasteiger partial charge in [-0.15, -0.1) is 0 Å². The first kappa shape index (κ1) is 18.4. The number of fused-ring (bicyclic) bond motifs is 2. The standard InChI is InChI=1S/C22H22N6O2/c1-12-6-8-28(9-7-12)22-26-19-18(21(30)27-22)17(14(10-23)20(29)25-19)15-11-24-16-5-3-2-4-13(15)16/h2-5,11-12,14,17,24H,6-9H2,1H3,(H2,25,26,27,29,30). The molecule has 2 aromatic heterocycles. The Bertz CT molecular complexity index is 1230. The van der Waals surface area contributed by atoms with Gasteiger partial charge in [0, 0.05) is 36.1 Å². The average Bonchev–Trinajstić information content (AvgIpc) is 3.17. The highest BCUT2D eigenvalue weighted by molar-refractivity contribution is 5.99. The Balaban J connectivity index is 1.65. The Labute approximate surface area is 172 Å². The summed E-state index contributed by atoms with van der Waals surface area (Å²) in [4.78, 5) is 38.7. The van der Waals surface area contributed by atoms with Gasteiger partial charge in [-0.1, -0.05) is 25.1 Å². The number of hydrogen-bond donors (Lipinski definition) is 3. The van der Waals surface area contributed by atoms with E-state index >= 15 is 0 Å². The van der Waals surface area contributed by atoms with Crippen LogP contribution in [0.25, 0.3) is 10.9 Å². The summed E-state index contributed by atoms with van der Waals surface area (Å²) in [5.41, 5.74) is 1.66. The van der Waals surface area contributed by atoms with E-state index in [0.29, 0.717) is 17.4 Å². The Morgan fingerprint density at radius 1 is 1.20 bits per heavy atom. The molecule has 5 rings (SSSR count). The van der Waals surface area contributed by atoms with Gasteiger partial charge in [-0.05, 0) is 30.4 Å². The van der Waals surface area contributed by atoms with E-state index in [2.05, 4.69) is 33.3 Å². The fourth-order valence-corrected chi connectivity index (χ4v) is 4.56. The van der Waals surface area contributed by atoms with Crippen molar-refractivity contribution in [3.63, 3.8) is 0 Å². The van der Waals surface area contributed by atoms with Crippen molar-refractivity contribution in [3.05, 3.63) is 51.9 Å². The van der Waals surface area contributed by atoms with Gasteiger partial charge in [0.05, 0.1) is 11.6 Å². The SMILES string of the molecule is CC1CCN(c2nc3c(c(=O)[nH]2)C(c2c[nH]c4ccccc24)C(C#N)C(=O)N3)CC1. The lowest BCUT2D eigenvalue weighted by Gasteiger charge is -2.32. The number of amides is 1. The number of nitrogens with zero attached hydrogens (tertiary/aromatic N) is 3. The highest BCUT2D eigenvalue weighted by Crippen LogP contribution is 2.41. The van der Waals surface area contributed by atoms with Crippen LogP contribution in [0.5, 0.6) is 0 Å². The zero-order chi connectivity index (χ0) is 20.8. The van der Waals surface area contributed by atoms with Crippen LogP contribution >= 0.6 is 0 Å². The quantitative estimate of drug-likeness (QED) is 0.609. The number of anilines is 2. The van der Waals surface area contributed by atoms with Crippen LogP contribution in [0.3, 0.4) is 0 Å². The first-order valence-electron chi connectivity index (χ1n) is 10.2. The van der Waals surface area contributed by atoms with E-state index in [1.54, 1.807) is 6.20 Å². The first-order chi connectivity index (χ1) is 14.6. The van der Waals surface area contributed by atoms with E-state index in [9.17, 15) is 14.9 Å². The van der Waals surface area contributed by atoms with Crippen molar-refractivity contribution in [3.8, 4) is 6.07 Å². The zero-order valence-electron chi connectivity index (χ0n) is 16.6. The van der Waals surface area contributed by atoms with Crippen molar-refractivity contribution in [1.29, 1.82) is 5.26 Å². The van der Waals surface area contributed by atoms with Crippen LogP contribution < -0.4 is 15.8 Å². The second-order valence-electron chi connectivity index (χ2n) is 8.18. The van der Waals surface area contributed by atoms with Crippen LogP contribution in [0.1, 0.15) is 36.8 Å². The molecule has 1 amide bonds. The molecule has 3 N–H and O–H groups in total. The molecule has 30 heavy (non-hydrogen) atoms. The molecular formula is C22H22N6O2. The Morgan fingerprint density at radius 2 is 1.97 bits per heavy atom. The number of piperidine rings is 1. The maximum Gasteiger partial charge on any atom is 0.258 e. The predicted octanol–water partition coefficient (Wildman–Crippen LogP) is 2.71. The summed E-state index contributed by atoms with van der Waals surface area (Å²) in [6.07, 6.45) is 3.84. The molecule has 8 nitrogen and oxygen atoms in total. The molecular weight excluding hydrogens is 380 g/mol. The number of H-pyrrole nitrogens is 2. The third-order valence-electron chi connectivity index (χ3n) is 6.29. The van der Waals surface area contributed by atoms with Crippen molar-refractivity contribution < 1.29 is 4.79 Å². The maximum atomic E-state index is 13.2. The van der Waals surface area contributed by atoms with Gasteiger partial charge in [-0.25, -0.2) is 0 Å². The Hall–Kier alpha value is -3.60. The van der Waals surface area contributed by atoms with E-state index in [4.69, 9.17) is 0 Å². The summed E-state index contributed by atoms with van der Waals surface area (Å²) in [6.45, 7) is 3.83. The number of carbonyl (C=O) groups excluding carboxylic acids is 1. The van der Waals surface area contributed by atoms with Gasteiger partial charge >= 0.3 is 0 Å². The van der Waals surface area contributed by atoms with E-state index in [1.165, 1.54) is 0 Å². The molecule has 8 heteroatoms. The largest absolute Gasteiger partial charge is 0.361 e. The summed E-state index contributed by atoms with van der Waals surface area (Å²) < 4.78 is 0. The molecule has 3 aromatic rings. The molecule has 0 aliphatic carbocycles. The third-order valence-corrected chi connectivity index (χ3v) is 6.29. The topological polar surface area (TPSA) is 118 Å². The van der Waals surface area contributed by atoms with Crippen LogP contribution in [0, 0.1) is 23.2 Å². The van der Waals surface area contributed by atoms with Gasteiger partial charge in [0.15, 0.2) is 0 Å². The van der Waals surface area contributed by atoms with Crippen LogP contribution in [-0.4, -0.2) is 33.9 Å². The second kappa shape index (κ2) is 7.02. The second-order valence-corrected chi connectivity index (χ2v) is 8.18. The number of hydrogen-bond acceptors (Lipinski definition) is 5. The van der Waals surface area contributed by atoms with Crippen molar-refractivity contribution in [2.45, 2.75) is 25.7 Å². The molecule has 0 bridgehead atoms. The Kier molecular flexibility index (Phi) is 4.31. The van der Waals surface area contributed by atoms with Gasteiger partial charge in [0.2, 0.25) is 11.9 Å². The van der Waals surface area contributed by atoms with Crippen molar-refractivity contribution >= 4 is 28.6 Å². The molecule has 4 heterocycles. The van der Waals surface area contributed by atoms with Gasteiger partial charge in [0.1, 0.15) is 11.7 Å². The van der Waals surface area contributed by atoms with Crippen LogP contribution in [0.4, 0.5) is 11.8 Å². The number of nitrogens with one attached hydrogen (secondary N) is 3. The summed E-state index contributed by atoms with van der Waals surface area (Å²) in [6, 6.07) is 9.74. The highest BCUT2D eigenvalue weighted by atomic mass is 16.2. The van der Waals surface area contributed by atoms with E-state index in [1.807, 2.05) is 29.2 Å². The van der Waals surface area contributed by atoms with Gasteiger partial charge < -0.3 is 15.2 Å². The lowest BCUT2D eigenvalue weighted by molar-refractivity contribution is -0.119. The molecule has 1 saturated heterocycles. The summed E-state index contributed by atoms with van der Waals surface area (Å²) in [5, 5.41) is 13.3. The molecule has 2 aliphatic rings. The fourth-order valence-electron chi connectivity index (χ4n) is 4.56. The molecule has 1 fully saturated rings. The average molecular weight is 402 g/mol. The minimum atomic E-state index is -1.01. The van der Waals surface area contributed by atoms with E-state index in [-0.39, 0.29) is 11.4 Å². The van der Waals surface area contributed by atoms with Gasteiger partial charge in [-0.2, -0.15) is 10.2 Å². The number of para-hydroxylation sites is 1. The van der Waals surface area contributed by atoms with Crippen molar-refractivity contribution in [2.75, 3.05) is 23.3 Å². The number of aromatic nitrogens is 3. The smallest absolute Gasteiger partial charge is 0.258 e. The molecule has 0 spiro atoms. The van der Waals surface area contributed by atoms with E-state index < -0.39 is 17.7 Å². The van der Waals surface area contributed by atoms with Crippen LogP contribution in [-0.2, 0) is 4.79 Å². The number of aromatic amines is 2. The number of nitriles is 1. The number of benzene rings is 1. The number of rotatable bonds is 2. The first-order valence-corrected chi connectivity index (χ1v) is 10.2. The molecule has 1 aromatic carbocycles. The van der Waals surface area contributed by atoms with Crippen molar-refractivity contribution in [2.24, 2.45) is 11.8 Å². The fraction of sp³-hybridized carbons (Fsp3) is 0.364. The van der Waals surface area contributed by atoms with Crippen LogP contribution in [0.2, 0.25) is 0 Å². The highest BCUT2D eigenvalue weighted by Gasteiger charge is 2.41. The summed E-state index contributed by atoms with van der Waals surface area (Å²) in [7, 11) is 0. The van der Waals surface area contributed by atoms with E-state index in [0.717, 1.165) is 42.4 Å².